The summed E-state index contributed by atoms with van der Waals surface area (Å²) in [6.07, 6.45) is -1.71. The molecule has 21 heavy (non-hydrogen) atoms. The molecule has 2 atom stereocenters. The number of hydrogen-bond donors (Lipinski definition) is 3. The third kappa shape index (κ3) is 7.19. The Morgan fingerprint density at radius 2 is 1.81 bits per heavy atom. The van der Waals surface area contributed by atoms with Gasteiger partial charge in [0.1, 0.15) is 0 Å². The lowest BCUT2D eigenvalue weighted by Crippen LogP contribution is -2.47. The number of alkyl halides is 3. The van der Waals surface area contributed by atoms with E-state index in [0.29, 0.717) is 12.8 Å². The van der Waals surface area contributed by atoms with Crippen molar-refractivity contribution in [3.05, 3.63) is 0 Å². The molecule has 1 fully saturated rings. The van der Waals surface area contributed by atoms with Gasteiger partial charge in [0.25, 0.3) is 0 Å². The number of hydrogen-bond acceptors (Lipinski definition) is 2. The first-order chi connectivity index (χ1) is 9.79. The first-order valence-electron chi connectivity index (χ1n) is 7.13. The van der Waals surface area contributed by atoms with Crippen molar-refractivity contribution in [2.75, 3.05) is 6.54 Å². The molecule has 8 heteroatoms. The fourth-order valence-electron chi connectivity index (χ4n) is 2.49. The molecule has 1 aliphatic rings. The summed E-state index contributed by atoms with van der Waals surface area (Å²) in [6, 6.07) is -1.07. The highest BCUT2D eigenvalue weighted by molar-refractivity contribution is 5.76. The van der Waals surface area contributed by atoms with Gasteiger partial charge in [-0.1, -0.05) is 19.3 Å². The fourth-order valence-corrected chi connectivity index (χ4v) is 2.49. The van der Waals surface area contributed by atoms with E-state index in [1.165, 1.54) is 0 Å². The van der Waals surface area contributed by atoms with Gasteiger partial charge in [0.2, 0.25) is 0 Å². The molecule has 0 radical (unpaired) electrons. The van der Waals surface area contributed by atoms with E-state index in [0.717, 1.165) is 19.3 Å². The second kappa shape index (κ2) is 8.09. The van der Waals surface area contributed by atoms with Crippen LogP contribution in [0.1, 0.15) is 44.9 Å². The van der Waals surface area contributed by atoms with Crippen molar-refractivity contribution in [3.8, 4) is 0 Å². The third-order valence-corrected chi connectivity index (χ3v) is 3.57. The Morgan fingerprint density at radius 1 is 1.14 bits per heavy atom. The Bertz CT molecular complexity index is 361. The Kier molecular flexibility index (Phi) is 6.77. The number of urea groups is 1. The zero-order chi connectivity index (χ0) is 15.9. The summed E-state index contributed by atoms with van der Waals surface area (Å²) in [5, 5.41) is 14.1. The molecule has 3 N–H and O–H groups in total. The molecule has 0 spiro atoms. The van der Waals surface area contributed by atoms with Crippen LogP contribution in [-0.4, -0.2) is 35.9 Å². The molecule has 0 aromatic rings. The lowest BCUT2D eigenvalue weighted by atomic mass is 9.95. The first kappa shape index (κ1) is 17.6. The highest BCUT2D eigenvalue weighted by Crippen LogP contribution is 2.24. The summed E-state index contributed by atoms with van der Waals surface area (Å²) >= 11 is 0. The minimum atomic E-state index is -4.23. The molecular weight excluding hydrogens is 289 g/mol. The lowest BCUT2D eigenvalue weighted by molar-refractivity contribution is -0.143. The van der Waals surface area contributed by atoms with Gasteiger partial charge in [-0.2, -0.15) is 13.2 Å². The zero-order valence-corrected chi connectivity index (χ0v) is 11.7. The Hall–Kier alpha value is -1.47. The smallest absolute Gasteiger partial charge is 0.389 e. The summed E-state index contributed by atoms with van der Waals surface area (Å²) in [5.41, 5.74) is 0. The van der Waals surface area contributed by atoms with Crippen molar-refractivity contribution in [2.24, 2.45) is 5.92 Å². The molecule has 0 aromatic carbocycles. The average molecular weight is 310 g/mol. The molecule has 1 aliphatic carbocycles. The van der Waals surface area contributed by atoms with Crippen molar-refractivity contribution in [1.82, 2.24) is 10.6 Å². The summed E-state index contributed by atoms with van der Waals surface area (Å²) in [4.78, 5) is 22.8. The van der Waals surface area contributed by atoms with Crippen LogP contribution in [0.4, 0.5) is 18.0 Å². The van der Waals surface area contributed by atoms with Gasteiger partial charge >= 0.3 is 18.2 Å². The number of rotatable bonds is 5. The van der Waals surface area contributed by atoms with Crippen LogP contribution < -0.4 is 10.6 Å². The molecular formula is C13H21F3N2O3. The highest BCUT2D eigenvalue weighted by atomic mass is 19.4. The van der Waals surface area contributed by atoms with Gasteiger partial charge in [0.05, 0.1) is 5.92 Å². The highest BCUT2D eigenvalue weighted by Gasteiger charge is 2.30. The number of carbonyl (C=O) groups is 2. The molecule has 2 amide bonds. The third-order valence-electron chi connectivity index (χ3n) is 3.57. The van der Waals surface area contributed by atoms with Crippen LogP contribution in [0.25, 0.3) is 0 Å². The number of amides is 2. The van der Waals surface area contributed by atoms with Crippen molar-refractivity contribution >= 4 is 12.0 Å². The predicted octanol–water partition coefficient (Wildman–Crippen LogP) is 2.66. The maximum absolute atomic E-state index is 11.9. The summed E-state index contributed by atoms with van der Waals surface area (Å²) in [7, 11) is 0. The Labute approximate surface area is 121 Å². The van der Waals surface area contributed by atoms with Gasteiger partial charge in [0.15, 0.2) is 0 Å². The molecule has 1 rings (SSSR count). The van der Waals surface area contributed by atoms with Crippen LogP contribution in [-0.2, 0) is 4.79 Å². The molecule has 0 saturated heterocycles. The number of carboxylic acid groups (broad SMARTS) is 1. The van der Waals surface area contributed by atoms with Crippen LogP contribution in [0.5, 0.6) is 0 Å². The molecule has 0 aliphatic heterocycles. The number of halogens is 3. The van der Waals surface area contributed by atoms with E-state index < -0.39 is 36.6 Å². The van der Waals surface area contributed by atoms with E-state index in [9.17, 15) is 22.8 Å². The second-order valence-electron chi connectivity index (χ2n) is 5.31. The molecule has 0 heterocycles. The zero-order valence-electron chi connectivity index (χ0n) is 11.7. The van der Waals surface area contributed by atoms with Crippen molar-refractivity contribution in [3.63, 3.8) is 0 Å². The summed E-state index contributed by atoms with van der Waals surface area (Å²) in [5.74, 6) is -1.58. The largest absolute Gasteiger partial charge is 0.481 e. The number of nitrogens with one attached hydrogen (secondary N) is 2. The SMILES string of the molecule is O=C(NCCCC(F)(F)F)NC1CCCCCC1C(=O)O. The summed E-state index contributed by atoms with van der Waals surface area (Å²) < 4.78 is 35.8. The van der Waals surface area contributed by atoms with Crippen LogP contribution in [0.3, 0.4) is 0 Å². The normalized spacial score (nSPS) is 23.2. The number of carboxylic acids is 1. The van der Waals surface area contributed by atoms with E-state index in [4.69, 9.17) is 5.11 Å². The number of aliphatic carboxylic acids is 1. The van der Waals surface area contributed by atoms with Gasteiger partial charge in [-0.05, 0) is 19.3 Å². The fraction of sp³-hybridized carbons (Fsp3) is 0.846. The first-order valence-corrected chi connectivity index (χ1v) is 7.13. The van der Waals surface area contributed by atoms with Gasteiger partial charge < -0.3 is 15.7 Å². The van der Waals surface area contributed by atoms with E-state index in [1.54, 1.807) is 0 Å². The van der Waals surface area contributed by atoms with Gasteiger partial charge in [0, 0.05) is 19.0 Å². The van der Waals surface area contributed by atoms with Gasteiger partial charge in [-0.25, -0.2) is 4.79 Å². The second-order valence-corrected chi connectivity index (χ2v) is 5.31. The summed E-state index contributed by atoms with van der Waals surface area (Å²) in [6.45, 7) is -0.0875. The van der Waals surface area contributed by atoms with Crippen LogP contribution in [0, 0.1) is 5.92 Å². The van der Waals surface area contributed by atoms with Crippen molar-refractivity contribution in [2.45, 2.75) is 57.2 Å². The van der Waals surface area contributed by atoms with Gasteiger partial charge in [-0.15, -0.1) is 0 Å². The Balaban J connectivity index is 2.35. The topological polar surface area (TPSA) is 78.4 Å². The van der Waals surface area contributed by atoms with Crippen LogP contribution in [0.15, 0.2) is 0 Å². The standard InChI is InChI=1S/C13H21F3N2O3/c14-13(15,16)7-4-8-17-12(21)18-10-6-3-1-2-5-9(10)11(19)20/h9-10H,1-8H2,(H,19,20)(H2,17,18,21). The molecule has 2 unspecified atom stereocenters. The molecule has 0 aromatic heterocycles. The van der Waals surface area contributed by atoms with E-state index in [1.807, 2.05) is 0 Å². The monoisotopic (exact) mass is 310 g/mol. The van der Waals surface area contributed by atoms with Crippen molar-refractivity contribution in [1.29, 1.82) is 0 Å². The maximum atomic E-state index is 11.9. The van der Waals surface area contributed by atoms with Crippen LogP contribution >= 0.6 is 0 Å². The molecule has 1 saturated carbocycles. The average Bonchev–Trinajstić information content (AvgIpc) is 2.59. The predicted molar refractivity (Wildman–Crippen MR) is 69.8 cm³/mol. The number of carbonyl (C=O) groups excluding carboxylic acids is 1. The Morgan fingerprint density at radius 3 is 2.43 bits per heavy atom. The minimum absolute atomic E-state index is 0.0875. The minimum Gasteiger partial charge on any atom is -0.481 e. The van der Waals surface area contributed by atoms with Crippen LogP contribution in [0.2, 0.25) is 0 Å². The molecule has 5 nitrogen and oxygen atoms in total. The lowest BCUT2D eigenvalue weighted by Gasteiger charge is -2.23. The molecule has 0 bridgehead atoms. The van der Waals surface area contributed by atoms with Crippen molar-refractivity contribution < 1.29 is 27.9 Å². The van der Waals surface area contributed by atoms with E-state index >= 15 is 0 Å². The maximum Gasteiger partial charge on any atom is 0.389 e. The quantitative estimate of drug-likeness (QED) is 0.539. The van der Waals surface area contributed by atoms with E-state index in [2.05, 4.69) is 10.6 Å². The van der Waals surface area contributed by atoms with Gasteiger partial charge in [-0.3, -0.25) is 4.79 Å². The molecule has 122 valence electrons. The van der Waals surface area contributed by atoms with E-state index in [-0.39, 0.29) is 13.0 Å².